The predicted molar refractivity (Wildman–Crippen MR) is 114 cm³/mol. The number of carbonyl (C=O) groups excluding carboxylic acids is 1. The number of benzene rings is 2. The summed E-state index contributed by atoms with van der Waals surface area (Å²) < 4.78 is 0. The van der Waals surface area contributed by atoms with Crippen LogP contribution in [0, 0.1) is 0 Å². The highest BCUT2D eigenvalue weighted by atomic mass is 16.1. The van der Waals surface area contributed by atoms with Gasteiger partial charge in [0.25, 0.3) is 5.91 Å². The molecule has 0 radical (unpaired) electrons. The molecule has 0 atom stereocenters. The van der Waals surface area contributed by atoms with Gasteiger partial charge in [0.15, 0.2) is 5.82 Å². The monoisotopic (exact) mass is 380 g/mol. The van der Waals surface area contributed by atoms with Gasteiger partial charge in [-0.2, -0.15) is 0 Å². The molecule has 0 saturated heterocycles. The van der Waals surface area contributed by atoms with Crippen molar-refractivity contribution in [3.8, 4) is 22.6 Å². The second-order valence-electron chi connectivity index (χ2n) is 6.57. The number of nitrogens with one attached hydrogen (secondary N) is 1. The maximum Gasteiger partial charge on any atom is 0.259 e. The molecule has 29 heavy (non-hydrogen) atoms. The molecule has 2 aromatic carbocycles. The normalized spacial score (nSPS) is 10.5. The van der Waals surface area contributed by atoms with Gasteiger partial charge in [-0.3, -0.25) is 9.78 Å². The largest absolute Gasteiger partial charge is 0.322 e. The van der Waals surface area contributed by atoms with Gasteiger partial charge in [0.05, 0.1) is 11.3 Å². The first-order chi connectivity index (χ1) is 14.2. The summed E-state index contributed by atoms with van der Waals surface area (Å²) in [6.45, 7) is 2.08. The van der Waals surface area contributed by atoms with Gasteiger partial charge in [0, 0.05) is 35.4 Å². The molecule has 0 aliphatic rings. The maximum absolute atomic E-state index is 13.0. The van der Waals surface area contributed by atoms with Crippen molar-refractivity contribution in [1.82, 2.24) is 15.0 Å². The molecule has 4 aromatic rings. The minimum atomic E-state index is -0.246. The van der Waals surface area contributed by atoms with E-state index in [0.29, 0.717) is 17.1 Å². The van der Waals surface area contributed by atoms with Crippen molar-refractivity contribution in [2.24, 2.45) is 0 Å². The van der Waals surface area contributed by atoms with Crippen LogP contribution in [0.5, 0.6) is 0 Å². The molecule has 0 spiro atoms. The first-order valence-corrected chi connectivity index (χ1v) is 9.47. The van der Waals surface area contributed by atoms with Crippen LogP contribution in [-0.2, 0) is 6.42 Å². The molecule has 1 N–H and O–H groups in total. The number of carbonyl (C=O) groups is 1. The third-order valence-corrected chi connectivity index (χ3v) is 4.61. The molecular weight excluding hydrogens is 360 g/mol. The minimum Gasteiger partial charge on any atom is -0.322 e. The summed E-state index contributed by atoms with van der Waals surface area (Å²) in [6, 6.07) is 21.2. The highest BCUT2D eigenvalue weighted by molar-refractivity contribution is 6.08. The smallest absolute Gasteiger partial charge is 0.259 e. The van der Waals surface area contributed by atoms with Crippen LogP contribution in [-0.4, -0.2) is 20.9 Å². The fourth-order valence-electron chi connectivity index (χ4n) is 3.07. The molecule has 0 bridgehead atoms. The molecule has 4 rings (SSSR count). The van der Waals surface area contributed by atoms with E-state index in [4.69, 9.17) is 4.98 Å². The number of amides is 1. The number of pyridine rings is 1. The van der Waals surface area contributed by atoms with Crippen LogP contribution in [0.15, 0.2) is 85.3 Å². The van der Waals surface area contributed by atoms with Gasteiger partial charge in [-0.15, -0.1) is 0 Å². The molecule has 1 amide bonds. The average Bonchev–Trinajstić information content (AvgIpc) is 2.80. The Hall–Kier alpha value is -3.86. The zero-order chi connectivity index (χ0) is 20.1. The lowest BCUT2D eigenvalue weighted by Gasteiger charge is -2.12. The topological polar surface area (TPSA) is 67.8 Å². The van der Waals surface area contributed by atoms with Crippen LogP contribution < -0.4 is 5.32 Å². The Kier molecular flexibility index (Phi) is 5.38. The summed E-state index contributed by atoms with van der Waals surface area (Å²) in [5.41, 5.74) is 4.61. The van der Waals surface area contributed by atoms with Crippen LogP contribution in [0.3, 0.4) is 0 Å². The Bertz CT molecular complexity index is 1130. The van der Waals surface area contributed by atoms with E-state index in [9.17, 15) is 4.79 Å². The number of nitrogens with zero attached hydrogens (tertiary/aromatic N) is 3. The van der Waals surface area contributed by atoms with Crippen molar-refractivity contribution in [3.05, 3.63) is 96.4 Å². The summed E-state index contributed by atoms with van der Waals surface area (Å²) in [6.07, 6.45) is 5.86. The lowest BCUT2D eigenvalue weighted by Crippen LogP contribution is -2.15. The Morgan fingerprint density at radius 1 is 0.931 bits per heavy atom. The third kappa shape index (κ3) is 4.19. The summed E-state index contributed by atoms with van der Waals surface area (Å²) in [4.78, 5) is 26.3. The van der Waals surface area contributed by atoms with Gasteiger partial charge in [-0.05, 0) is 36.2 Å². The summed E-state index contributed by atoms with van der Waals surface area (Å²) in [7, 11) is 0. The second kappa shape index (κ2) is 8.44. The van der Waals surface area contributed by atoms with Crippen molar-refractivity contribution < 1.29 is 4.79 Å². The number of rotatable bonds is 5. The summed E-state index contributed by atoms with van der Waals surface area (Å²) in [5.74, 6) is 0.326. The Morgan fingerprint density at radius 2 is 1.72 bits per heavy atom. The van der Waals surface area contributed by atoms with Gasteiger partial charge in [0.2, 0.25) is 0 Å². The predicted octanol–water partition coefficient (Wildman–Crippen LogP) is 5.02. The molecule has 2 aromatic heterocycles. The van der Waals surface area contributed by atoms with Gasteiger partial charge >= 0.3 is 0 Å². The van der Waals surface area contributed by atoms with Gasteiger partial charge in [-0.25, -0.2) is 9.97 Å². The number of hydrogen-bond donors (Lipinski definition) is 1. The summed E-state index contributed by atoms with van der Waals surface area (Å²) in [5, 5.41) is 2.97. The maximum atomic E-state index is 13.0. The van der Waals surface area contributed by atoms with Crippen LogP contribution in [0.4, 0.5) is 5.69 Å². The van der Waals surface area contributed by atoms with Crippen LogP contribution in [0.25, 0.3) is 22.6 Å². The standard InChI is InChI=1S/C24H20N4O/c1-2-17-7-6-10-20(15-17)27-24(29)21-16-26-23(19-8-4-3-5-9-19)28-22(21)18-11-13-25-14-12-18/h3-16H,2H2,1H3,(H,27,29). The lowest BCUT2D eigenvalue weighted by molar-refractivity contribution is 0.102. The van der Waals surface area contributed by atoms with Crippen molar-refractivity contribution in [2.45, 2.75) is 13.3 Å². The van der Waals surface area contributed by atoms with Gasteiger partial charge in [-0.1, -0.05) is 49.4 Å². The van der Waals surface area contributed by atoms with E-state index in [1.807, 2.05) is 66.7 Å². The molecule has 5 nitrogen and oxygen atoms in total. The van der Waals surface area contributed by atoms with E-state index in [2.05, 4.69) is 22.2 Å². The average molecular weight is 380 g/mol. The number of anilines is 1. The SMILES string of the molecule is CCc1cccc(NC(=O)c2cnc(-c3ccccc3)nc2-c2ccncc2)c1. The molecule has 2 heterocycles. The number of aryl methyl sites for hydroxylation is 1. The van der Waals surface area contributed by atoms with Crippen LogP contribution in [0.2, 0.25) is 0 Å². The summed E-state index contributed by atoms with van der Waals surface area (Å²) >= 11 is 0. The van der Waals surface area contributed by atoms with Crippen LogP contribution in [0.1, 0.15) is 22.8 Å². The van der Waals surface area contributed by atoms with E-state index in [1.165, 1.54) is 0 Å². The van der Waals surface area contributed by atoms with E-state index in [-0.39, 0.29) is 5.91 Å². The van der Waals surface area contributed by atoms with Crippen molar-refractivity contribution >= 4 is 11.6 Å². The molecule has 142 valence electrons. The highest BCUT2D eigenvalue weighted by Gasteiger charge is 2.17. The fourth-order valence-corrected chi connectivity index (χ4v) is 3.07. The molecular formula is C24H20N4O. The molecule has 0 unspecified atom stereocenters. The Morgan fingerprint density at radius 3 is 2.48 bits per heavy atom. The second-order valence-corrected chi connectivity index (χ2v) is 6.57. The minimum absolute atomic E-state index is 0.246. The van der Waals surface area contributed by atoms with E-state index >= 15 is 0 Å². The fraction of sp³-hybridized carbons (Fsp3) is 0.0833. The van der Waals surface area contributed by atoms with Crippen molar-refractivity contribution in [3.63, 3.8) is 0 Å². The molecule has 0 saturated carbocycles. The van der Waals surface area contributed by atoms with Crippen LogP contribution >= 0.6 is 0 Å². The first kappa shape index (κ1) is 18.5. The number of hydrogen-bond acceptors (Lipinski definition) is 4. The molecule has 5 heteroatoms. The van der Waals surface area contributed by atoms with E-state index in [1.54, 1.807) is 18.6 Å². The Labute approximate surface area is 169 Å². The lowest BCUT2D eigenvalue weighted by atomic mass is 10.1. The molecule has 0 fully saturated rings. The van der Waals surface area contributed by atoms with Crippen molar-refractivity contribution in [1.29, 1.82) is 0 Å². The van der Waals surface area contributed by atoms with Gasteiger partial charge in [0.1, 0.15) is 0 Å². The third-order valence-electron chi connectivity index (χ3n) is 4.61. The zero-order valence-electron chi connectivity index (χ0n) is 16.0. The zero-order valence-corrected chi connectivity index (χ0v) is 16.0. The quantitative estimate of drug-likeness (QED) is 0.528. The van der Waals surface area contributed by atoms with E-state index < -0.39 is 0 Å². The highest BCUT2D eigenvalue weighted by Crippen LogP contribution is 2.25. The number of aromatic nitrogens is 3. The first-order valence-electron chi connectivity index (χ1n) is 9.47. The Balaban J connectivity index is 1.74. The van der Waals surface area contributed by atoms with E-state index in [0.717, 1.165) is 28.8 Å². The van der Waals surface area contributed by atoms with Crippen molar-refractivity contribution in [2.75, 3.05) is 5.32 Å². The molecule has 0 aliphatic heterocycles. The van der Waals surface area contributed by atoms with Gasteiger partial charge < -0.3 is 5.32 Å². The molecule has 0 aliphatic carbocycles.